The maximum atomic E-state index is 5.79. The minimum absolute atomic E-state index is 0.468. The molecular formula is C13H19BrN2O. The highest BCUT2D eigenvalue weighted by Gasteiger charge is 2.14. The van der Waals surface area contributed by atoms with Crippen molar-refractivity contribution in [2.45, 2.75) is 31.9 Å². The van der Waals surface area contributed by atoms with Crippen LogP contribution >= 0.6 is 15.9 Å². The van der Waals surface area contributed by atoms with E-state index in [0.29, 0.717) is 6.10 Å². The number of nitrogens with one attached hydrogen (secondary N) is 1. The van der Waals surface area contributed by atoms with Gasteiger partial charge in [0.05, 0.1) is 6.10 Å². The maximum absolute atomic E-state index is 5.79. The Kier molecular flexibility index (Phi) is 4.83. The van der Waals surface area contributed by atoms with Gasteiger partial charge in [-0.05, 0) is 49.6 Å². The van der Waals surface area contributed by atoms with Crippen molar-refractivity contribution in [2.75, 3.05) is 18.9 Å². The number of nitrogens with two attached hydrogens (primary N) is 1. The van der Waals surface area contributed by atoms with Crippen molar-refractivity contribution >= 4 is 21.6 Å². The number of halogens is 1. The Morgan fingerprint density at radius 2 is 2.29 bits per heavy atom. The molecule has 1 aliphatic rings. The lowest BCUT2D eigenvalue weighted by atomic mass is 10.1. The van der Waals surface area contributed by atoms with E-state index in [9.17, 15) is 0 Å². The predicted octanol–water partition coefficient (Wildman–Crippen LogP) is 2.69. The van der Waals surface area contributed by atoms with Crippen LogP contribution in [0.2, 0.25) is 0 Å². The van der Waals surface area contributed by atoms with Gasteiger partial charge in [-0.2, -0.15) is 0 Å². The van der Waals surface area contributed by atoms with Crippen molar-refractivity contribution in [3.63, 3.8) is 0 Å². The average molecular weight is 299 g/mol. The van der Waals surface area contributed by atoms with E-state index in [1.165, 1.54) is 18.4 Å². The van der Waals surface area contributed by atoms with Crippen LogP contribution in [0.25, 0.3) is 0 Å². The second-order valence-corrected chi connectivity index (χ2v) is 5.41. The number of rotatable bonds is 5. The number of hydrogen-bond acceptors (Lipinski definition) is 3. The van der Waals surface area contributed by atoms with Crippen LogP contribution in [-0.2, 0) is 11.3 Å². The first-order valence-corrected chi connectivity index (χ1v) is 6.90. The number of anilines is 1. The standard InChI is InChI=1S/C13H19BrN2O/c14-11-6-10(7-12(15)8-11)9-16-4-3-13-2-1-5-17-13/h6-8,13,16H,1-5,9,15H2. The van der Waals surface area contributed by atoms with Crippen molar-refractivity contribution in [2.24, 2.45) is 0 Å². The first kappa shape index (κ1) is 12.9. The highest BCUT2D eigenvalue weighted by Crippen LogP contribution is 2.17. The number of benzene rings is 1. The van der Waals surface area contributed by atoms with Crippen LogP contribution in [0, 0.1) is 0 Å². The SMILES string of the molecule is Nc1cc(Br)cc(CNCCC2CCCO2)c1. The van der Waals surface area contributed by atoms with E-state index >= 15 is 0 Å². The lowest BCUT2D eigenvalue weighted by Gasteiger charge is -2.10. The van der Waals surface area contributed by atoms with Crippen LogP contribution in [0.15, 0.2) is 22.7 Å². The first-order valence-electron chi connectivity index (χ1n) is 6.11. The van der Waals surface area contributed by atoms with Gasteiger partial charge in [0, 0.05) is 23.3 Å². The zero-order chi connectivity index (χ0) is 12.1. The summed E-state index contributed by atoms with van der Waals surface area (Å²) in [7, 11) is 0. The van der Waals surface area contributed by atoms with E-state index in [1.54, 1.807) is 0 Å². The van der Waals surface area contributed by atoms with Crippen molar-refractivity contribution in [1.82, 2.24) is 5.32 Å². The summed E-state index contributed by atoms with van der Waals surface area (Å²) in [4.78, 5) is 0. The van der Waals surface area contributed by atoms with Crippen LogP contribution in [0.1, 0.15) is 24.8 Å². The quantitative estimate of drug-likeness (QED) is 0.649. The van der Waals surface area contributed by atoms with Gasteiger partial charge in [0.15, 0.2) is 0 Å². The van der Waals surface area contributed by atoms with Gasteiger partial charge in [-0.15, -0.1) is 0 Å². The molecule has 1 saturated heterocycles. The molecule has 17 heavy (non-hydrogen) atoms. The highest BCUT2D eigenvalue weighted by atomic mass is 79.9. The summed E-state index contributed by atoms with van der Waals surface area (Å²) in [5.41, 5.74) is 7.80. The molecule has 0 aromatic heterocycles. The zero-order valence-corrected chi connectivity index (χ0v) is 11.5. The van der Waals surface area contributed by atoms with Gasteiger partial charge in [0.1, 0.15) is 0 Å². The van der Waals surface area contributed by atoms with Gasteiger partial charge in [0.25, 0.3) is 0 Å². The van der Waals surface area contributed by atoms with Crippen LogP contribution in [0.5, 0.6) is 0 Å². The smallest absolute Gasteiger partial charge is 0.0588 e. The van der Waals surface area contributed by atoms with Crippen LogP contribution in [0.3, 0.4) is 0 Å². The third kappa shape index (κ3) is 4.30. The number of nitrogen functional groups attached to an aromatic ring is 1. The molecule has 1 aliphatic heterocycles. The third-order valence-corrected chi connectivity index (χ3v) is 3.43. The van der Waals surface area contributed by atoms with Crippen LogP contribution in [-0.4, -0.2) is 19.3 Å². The van der Waals surface area contributed by atoms with E-state index in [-0.39, 0.29) is 0 Å². The molecular weight excluding hydrogens is 280 g/mol. The molecule has 3 N–H and O–H groups in total. The Labute approximate surface area is 111 Å². The first-order chi connectivity index (χ1) is 8.24. The van der Waals surface area contributed by atoms with Gasteiger partial charge in [-0.1, -0.05) is 15.9 Å². The van der Waals surface area contributed by atoms with E-state index in [2.05, 4.69) is 27.3 Å². The molecule has 0 radical (unpaired) electrons. The van der Waals surface area contributed by atoms with Gasteiger partial charge in [-0.3, -0.25) is 0 Å². The molecule has 1 fully saturated rings. The minimum atomic E-state index is 0.468. The minimum Gasteiger partial charge on any atom is -0.399 e. The maximum Gasteiger partial charge on any atom is 0.0588 e. The lowest BCUT2D eigenvalue weighted by Crippen LogP contribution is -2.19. The topological polar surface area (TPSA) is 47.3 Å². The molecule has 94 valence electrons. The molecule has 4 heteroatoms. The average Bonchev–Trinajstić information content (AvgIpc) is 2.76. The summed E-state index contributed by atoms with van der Waals surface area (Å²) in [5, 5.41) is 3.43. The number of hydrogen-bond donors (Lipinski definition) is 2. The van der Waals surface area contributed by atoms with Crippen molar-refractivity contribution in [3.8, 4) is 0 Å². The Hall–Kier alpha value is -0.580. The Bertz CT molecular complexity index is 344. The van der Waals surface area contributed by atoms with Gasteiger partial charge in [-0.25, -0.2) is 0 Å². The Morgan fingerprint density at radius 3 is 3.00 bits per heavy atom. The number of ether oxygens (including phenoxy) is 1. The predicted molar refractivity (Wildman–Crippen MR) is 73.9 cm³/mol. The normalized spacial score (nSPS) is 19.7. The molecule has 1 atom stereocenters. The van der Waals surface area contributed by atoms with Crippen LogP contribution < -0.4 is 11.1 Å². The molecule has 0 saturated carbocycles. The fourth-order valence-corrected chi connectivity index (χ4v) is 2.70. The molecule has 1 unspecified atom stereocenters. The molecule has 0 bridgehead atoms. The second-order valence-electron chi connectivity index (χ2n) is 4.49. The zero-order valence-electron chi connectivity index (χ0n) is 9.92. The highest BCUT2D eigenvalue weighted by molar-refractivity contribution is 9.10. The molecule has 1 heterocycles. The molecule has 0 amide bonds. The van der Waals surface area contributed by atoms with Crippen molar-refractivity contribution in [3.05, 3.63) is 28.2 Å². The van der Waals surface area contributed by atoms with Crippen LogP contribution in [0.4, 0.5) is 5.69 Å². The van der Waals surface area contributed by atoms with Gasteiger partial charge < -0.3 is 15.8 Å². The molecule has 0 spiro atoms. The second kappa shape index (κ2) is 6.38. The third-order valence-electron chi connectivity index (χ3n) is 2.98. The molecule has 3 nitrogen and oxygen atoms in total. The van der Waals surface area contributed by atoms with E-state index in [4.69, 9.17) is 10.5 Å². The summed E-state index contributed by atoms with van der Waals surface area (Å²) in [6.45, 7) is 2.79. The lowest BCUT2D eigenvalue weighted by molar-refractivity contribution is 0.104. The molecule has 1 aromatic carbocycles. The summed E-state index contributed by atoms with van der Waals surface area (Å²) in [6.07, 6.45) is 4.00. The summed E-state index contributed by atoms with van der Waals surface area (Å²) < 4.78 is 6.61. The van der Waals surface area contributed by atoms with E-state index < -0.39 is 0 Å². The fraction of sp³-hybridized carbons (Fsp3) is 0.538. The summed E-state index contributed by atoms with van der Waals surface area (Å²) in [5.74, 6) is 0. The van der Waals surface area contributed by atoms with Crippen molar-refractivity contribution < 1.29 is 4.74 Å². The summed E-state index contributed by atoms with van der Waals surface area (Å²) in [6, 6.07) is 6.01. The van der Waals surface area contributed by atoms with E-state index in [0.717, 1.165) is 36.3 Å². The molecule has 1 aromatic rings. The van der Waals surface area contributed by atoms with Crippen molar-refractivity contribution in [1.29, 1.82) is 0 Å². The Morgan fingerprint density at radius 1 is 1.41 bits per heavy atom. The summed E-state index contributed by atoms with van der Waals surface area (Å²) >= 11 is 3.45. The van der Waals surface area contributed by atoms with E-state index in [1.807, 2.05) is 12.1 Å². The van der Waals surface area contributed by atoms with Gasteiger partial charge >= 0.3 is 0 Å². The van der Waals surface area contributed by atoms with Gasteiger partial charge in [0.2, 0.25) is 0 Å². The monoisotopic (exact) mass is 298 g/mol. The molecule has 2 rings (SSSR count). The Balaban J connectivity index is 1.70. The fourth-order valence-electron chi connectivity index (χ4n) is 2.15. The molecule has 0 aliphatic carbocycles. The largest absolute Gasteiger partial charge is 0.399 e.